The number of hydrogen-bond acceptors (Lipinski definition) is 4. The van der Waals surface area contributed by atoms with Crippen molar-refractivity contribution in [2.24, 2.45) is 0 Å². The second kappa shape index (κ2) is 4.91. The van der Waals surface area contributed by atoms with Crippen molar-refractivity contribution in [1.82, 2.24) is 0 Å². The number of ketones is 1. The Hall–Kier alpha value is -1.76. The van der Waals surface area contributed by atoms with E-state index in [0.29, 0.717) is 14.9 Å². The largest absolute Gasteiger partial charge is 0.375 e. The number of fused-ring (bicyclic) bond motifs is 1. The lowest BCUT2D eigenvalue weighted by molar-refractivity contribution is -0.133. The number of aliphatic hydroxyl groups is 1. The summed E-state index contributed by atoms with van der Waals surface area (Å²) in [4.78, 5) is 24.5. The number of Topliss-reactive ketones (excluding diaryl/α,β-unsaturated/α-hetero) is 1. The molecule has 0 aliphatic carbocycles. The molecule has 7 heteroatoms. The van der Waals surface area contributed by atoms with Gasteiger partial charge in [0.25, 0.3) is 5.91 Å². The molecule has 1 aliphatic heterocycles. The Kier molecular flexibility index (Phi) is 3.32. The fraction of sp³-hybridized carbons (Fsp3) is 0.143. The van der Waals surface area contributed by atoms with E-state index in [1.807, 2.05) is 0 Å². The molecule has 1 aliphatic rings. The summed E-state index contributed by atoms with van der Waals surface area (Å²) in [6, 6.07) is 6.67. The number of hydrogen-bond donors (Lipinski definition) is 2. The first-order chi connectivity index (χ1) is 9.90. The number of rotatable bonds is 3. The van der Waals surface area contributed by atoms with E-state index in [-0.39, 0.29) is 5.56 Å². The van der Waals surface area contributed by atoms with Crippen molar-refractivity contribution < 1.29 is 19.1 Å². The highest BCUT2D eigenvalue weighted by atomic mass is 35.5. The van der Waals surface area contributed by atoms with Crippen LogP contribution < -0.4 is 5.32 Å². The summed E-state index contributed by atoms with van der Waals surface area (Å²) in [5.41, 5.74) is -1.69. The van der Waals surface area contributed by atoms with E-state index in [2.05, 4.69) is 5.32 Å². The molecule has 1 amide bonds. The molecule has 0 bridgehead atoms. The zero-order chi connectivity index (χ0) is 15.2. The molecule has 0 fully saturated rings. The van der Waals surface area contributed by atoms with Gasteiger partial charge in [-0.05, 0) is 30.3 Å². The summed E-state index contributed by atoms with van der Waals surface area (Å²) >= 11 is 6.82. The fourth-order valence-corrected chi connectivity index (χ4v) is 3.26. The van der Waals surface area contributed by atoms with Crippen LogP contribution in [-0.2, 0) is 10.4 Å². The van der Waals surface area contributed by atoms with Crippen molar-refractivity contribution in [2.75, 3.05) is 5.32 Å². The first kappa shape index (κ1) is 14.2. The summed E-state index contributed by atoms with van der Waals surface area (Å²) in [6.07, 6.45) is -0.466. The smallest absolute Gasteiger partial charge is 0.261 e. The molecule has 21 heavy (non-hydrogen) atoms. The van der Waals surface area contributed by atoms with Crippen LogP contribution in [0.15, 0.2) is 30.3 Å². The van der Waals surface area contributed by atoms with E-state index >= 15 is 0 Å². The molecule has 4 nitrogen and oxygen atoms in total. The van der Waals surface area contributed by atoms with E-state index < -0.39 is 29.5 Å². The van der Waals surface area contributed by atoms with E-state index in [1.54, 1.807) is 6.07 Å². The summed E-state index contributed by atoms with van der Waals surface area (Å²) in [5, 5.41) is 13.0. The van der Waals surface area contributed by atoms with Crippen LogP contribution in [0.3, 0.4) is 0 Å². The van der Waals surface area contributed by atoms with Gasteiger partial charge in [-0.25, -0.2) is 4.39 Å². The number of anilines is 1. The van der Waals surface area contributed by atoms with Crippen molar-refractivity contribution in [2.45, 2.75) is 12.0 Å². The topological polar surface area (TPSA) is 66.4 Å². The predicted octanol–water partition coefficient (Wildman–Crippen LogP) is 2.95. The molecule has 0 saturated carbocycles. The third kappa shape index (κ3) is 2.35. The molecule has 0 radical (unpaired) electrons. The number of benzene rings is 1. The van der Waals surface area contributed by atoms with Gasteiger partial charge in [0.05, 0.1) is 15.6 Å². The number of thiophene rings is 1. The number of carbonyl (C=O) groups is 2. The van der Waals surface area contributed by atoms with Gasteiger partial charge in [0.15, 0.2) is 11.4 Å². The van der Waals surface area contributed by atoms with Crippen LogP contribution in [0.1, 0.15) is 21.7 Å². The lowest BCUT2D eigenvalue weighted by Gasteiger charge is -2.19. The maximum Gasteiger partial charge on any atom is 0.261 e. The molecule has 0 spiro atoms. The number of carbonyl (C=O) groups excluding carboxylic acids is 2. The number of amides is 1. The Balaban J connectivity index is 1.96. The Morgan fingerprint density at radius 2 is 2.14 bits per heavy atom. The summed E-state index contributed by atoms with van der Waals surface area (Å²) in [7, 11) is 0. The van der Waals surface area contributed by atoms with Crippen LogP contribution in [0.25, 0.3) is 0 Å². The Morgan fingerprint density at radius 3 is 2.81 bits per heavy atom. The Morgan fingerprint density at radius 1 is 1.38 bits per heavy atom. The van der Waals surface area contributed by atoms with Crippen molar-refractivity contribution in [1.29, 1.82) is 0 Å². The minimum Gasteiger partial charge on any atom is -0.375 e. The van der Waals surface area contributed by atoms with Crippen molar-refractivity contribution >= 4 is 40.3 Å². The predicted molar refractivity (Wildman–Crippen MR) is 77.2 cm³/mol. The first-order valence-corrected chi connectivity index (χ1v) is 7.22. The van der Waals surface area contributed by atoms with Gasteiger partial charge in [-0.2, -0.15) is 0 Å². The summed E-state index contributed by atoms with van der Waals surface area (Å²) < 4.78 is 13.8. The van der Waals surface area contributed by atoms with Gasteiger partial charge in [0.1, 0.15) is 5.82 Å². The van der Waals surface area contributed by atoms with Gasteiger partial charge in [0.2, 0.25) is 0 Å². The second-order valence-electron chi connectivity index (χ2n) is 4.71. The number of halogens is 2. The standard InChI is InChI=1S/C14H9ClFNO3S/c15-12-4-3-11(21-12)10(18)6-14(20)8-5-7(16)1-2-9(8)17-13(14)19/h1-5,20H,6H2,(H,17,19)/t14-/m1/s1. The molecule has 1 atom stereocenters. The molecule has 2 aromatic rings. The van der Waals surface area contributed by atoms with E-state index in [0.717, 1.165) is 17.4 Å². The fourth-order valence-electron chi connectivity index (χ4n) is 2.27. The van der Waals surface area contributed by atoms with E-state index in [9.17, 15) is 19.1 Å². The minimum absolute atomic E-state index is 0.0727. The normalized spacial score (nSPS) is 20.2. The average Bonchev–Trinajstić information content (AvgIpc) is 2.95. The van der Waals surface area contributed by atoms with Crippen LogP contribution in [-0.4, -0.2) is 16.8 Å². The monoisotopic (exact) mass is 325 g/mol. The van der Waals surface area contributed by atoms with Gasteiger partial charge in [-0.1, -0.05) is 11.6 Å². The van der Waals surface area contributed by atoms with Crippen LogP contribution in [0.5, 0.6) is 0 Å². The summed E-state index contributed by atoms with van der Waals surface area (Å²) in [5.74, 6) is -1.75. The molecule has 3 rings (SSSR count). The zero-order valence-corrected chi connectivity index (χ0v) is 12.1. The molecule has 2 N–H and O–H groups in total. The number of nitrogens with one attached hydrogen (secondary N) is 1. The van der Waals surface area contributed by atoms with Gasteiger partial charge < -0.3 is 10.4 Å². The average molecular weight is 326 g/mol. The molecule has 0 saturated heterocycles. The highest BCUT2D eigenvalue weighted by molar-refractivity contribution is 7.18. The Labute approximate surface area is 128 Å². The minimum atomic E-state index is -2.06. The molecule has 1 aromatic heterocycles. The lowest BCUT2D eigenvalue weighted by Crippen LogP contribution is -2.36. The highest BCUT2D eigenvalue weighted by Crippen LogP contribution is 2.40. The van der Waals surface area contributed by atoms with Crippen LogP contribution in [0.4, 0.5) is 10.1 Å². The van der Waals surface area contributed by atoms with Gasteiger partial charge >= 0.3 is 0 Å². The van der Waals surface area contributed by atoms with Crippen LogP contribution >= 0.6 is 22.9 Å². The third-order valence-electron chi connectivity index (χ3n) is 3.32. The van der Waals surface area contributed by atoms with Gasteiger partial charge in [-0.3, -0.25) is 9.59 Å². The zero-order valence-electron chi connectivity index (χ0n) is 10.5. The van der Waals surface area contributed by atoms with E-state index in [4.69, 9.17) is 11.6 Å². The van der Waals surface area contributed by atoms with Gasteiger partial charge in [-0.15, -0.1) is 11.3 Å². The van der Waals surface area contributed by atoms with Gasteiger partial charge in [0, 0.05) is 11.3 Å². The van der Waals surface area contributed by atoms with Crippen LogP contribution in [0, 0.1) is 5.82 Å². The van der Waals surface area contributed by atoms with Crippen molar-refractivity contribution in [3.63, 3.8) is 0 Å². The first-order valence-electron chi connectivity index (χ1n) is 6.02. The highest BCUT2D eigenvalue weighted by Gasteiger charge is 2.47. The molecule has 1 aromatic carbocycles. The molecule has 0 unspecified atom stereocenters. The van der Waals surface area contributed by atoms with Crippen molar-refractivity contribution in [3.8, 4) is 0 Å². The SMILES string of the molecule is O=C(C[C@]1(O)C(=O)Nc2ccc(F)cc21)c1ccc(Cl)s1. The van der Waals surface area contributed by atoms with Crippen molar-refractivity contribution in [3.05, 3.63) is 50.9 Å². The summed E-state index contributed by atoms with van der Waals surface area (Å²) in [6.45, 7) is 0. The van der Waals surface area contributed by atoms with Crippen LogP contribution in [0.2, 0.25) is 4.34 Å². The maximum atomic E-state index is 13.3. The molecule has 108 valence electrons. The van der Waals surface area contributed by atoms with E-state index in [1.165, 1.54) is 18.2 Å². The lowest BCUT2D eigenvalue weighted by atomic mass is 9.89. The third-order valence-corrected chi connectivity index (χ3v) is 4.59. The molecule has 2 heterocycles. The second-order valence-corrected chi connectivity index (χ2v) is 6.42. The molecular weight excluding hydrogens is 317 g/mol. The quantitative estimate of drug-likeness (QED) is 0.853. The maximum absolute atomic E-state index is 13.3. The molecular formula is C14H9ClFNO3S. The Bertz CT molecular complexity index is 760.